The molecular formula is C46H51ClN2O6S2-2. The highest BCUT2D eigenvalue weighted by molar-refractivity contribution is 7.85. The first kappa shape index (κ1) is 41.2. The van der Waals surface area contributed by atoms with E-state index in [1.165, 1.54) is 27.3 Å². The van der Waals surface area contributed by atoms with E-state index in [-0.39, 0.29) is 28.4 Å². The number of hydrogen-bond acceptors (Lipinski definition) is 8. The van der Waals surface area contributed by atoms with Crippen LogP contribution in [-0.4, -0.2) is 56.6 Å². The second-order valence-electron chi connectivity index (χ2n) is 16.7. The first-order valence-electron chi connectivity index (χ1n) is 19.9. The van der Waals surface area contributed by atoms with Gasteiger partial charge >= 0.3 is 0 Å². The predicted octanol–water partition coefficient (Wildman–Crippen LogP) is 9.95. The highest BCUT2D eigenvalue weighted by atomic mass is 35.5. The SMILES string of the molecule is CC1(C)/C(=C\C=C2/CCCC(/C=C/C3N(CCCCS(=O)(=O)[O-])c4ccc5ccccc5c4C3(C)C)=C2Cl)N(CCCCS(=O)(=O)[O-])c2ccc3ccccc3c21. The Morgan fingerprint density at radius 1 is 0.719 bits per heavy atom. The van der Waals surface area contributed by atoms with Crippen molar-refractivity contribution in [2.45, 2.75) is 89.5 Å². The Morgan fingerprint density at radius 3 is 1.93 bits per heavy atom. The average molecular weight is 828 g/mol. The van der Waals surface area contributed by atoms with Crippen molar-refractivity contribution >= 4 is 64.8 Å². The minimum Gasteiger partial charge on any atom is -0.748 e. The number of benzene rings is 4. The fourth-order valence-corrected chi connectivity index (χ4v) is 10.9. The highest BCUT2D eigenvalue weighted by Gasteiger charge is 2.44. The molecule has 2 aliphatic heterocycles. The number of fused-ring (bicyclic) bond motifs is 6. The molecule has 1 aliphatic carbocycles. The van der Waals surface area contributed by atoms with Gasteiger partial charge < -0.3 is 18.9 Å². The minimum atomic E-state index is -4.29. The van der Waals surface area contributed by atoms with Crippen LogP contribution in [-0.2, 0) is 31.1 Å². The second-order valence-corrected chi connectivity index (χ2v) is 20.2. The van der Waals surface area contributed by atoms with Crippen LogP contribution in [0.15, 0.2) is 119 Å². The monoisotopic (exact) mass is 826 g/mol. The summed E-state index contributed by atoms with van der Waals surface area (Å²) in [6, 6.07) is 25.3. The molecule has 7 rings (SSSR count). The maximum Gasteiger partial charge on any atom is 0.0945 e. The summed E-state index contributed by atoms with van der Waals surface area (Å²) in [5.74, 6) is -0.745. The quantitative estimate of drug-likeness (QED) is 0.0965. The molecule has 302 valence electrons. The van der Waals surface area contributed by atoms with Crippen LogP contribution < -0.4 is 9.80 Å². The van der Waals surface area contributed by atoms with Crippen molar-refractivity contribution in [3.8, 4) is 0 Å². The smallest absolute Gasteiger partial charge is 0.0945 e. The van der Waals surface area contributed by atoms with Crippen LogP contribution in [0.25, 0.3) is 21.5 Å². The number of anilines is 2. The first-order chi connectivity index (χ1) is 27.0. The predicted molar refractivity (Wildman–Crippen MR) is 232 cm³/mol. The van der Waals surface area contributed by atoms with Crippen LogP contribution in [0.5, 0.6) is 0 Å². The lowest BCUT2D eigenvalue weighted by Gasteiger charge is -2.33. The van der Waals surface area contributed by atoms with Gasteiger partial charge in [0.25, 0.3) is 0 Å². The molecule has 11 heteroatoms. The maximum atomic E-state index is 11.4. The molecule has 0 fully saturated rings. The molecule has 4 aromatic rings. The lowest BCUT2D eigenvalue weighted by molar-refractivity contribution is 0.456. The topological polar surface area (TPSA) is 121 Å². The Balaban J connectivity index is 1.21. The van der Waals surface area contributed by atoms with E-state index < -0.39 is 20.2 Å². The number of nitrogens with zero attached hydrogens (tertiary/aromatic N) is 2. The van der Waals surface area contributed by atoms with E-state index in [1.807, 2.05) is 12.1 Å². The van der Waals surface area contributed by atoms with E-state index in [0.717, 1.165) is 57.9 Å². The standard InChI is InChI=1S/C46H53ClN2O6S2/c1-45(2)40(48(28-9-11-30-56(50,51)52)38-24-20-32-14-5-7-18-36(32)42(38)45)26-22-34-16-13-17-35(44(34)47)23-27-41-46(3,4)43-37-19-8-6-15-33(37)21-25-39(43)49(41)29-10-12-31-57(53,54)55/h5-8,14-15,18-27,40H,9-13,16-17,28-31H2,1-4H3,(H,50,51,52)(H,53,54,55)/p-2/b26-22+,35-23+,41-27+. The zero-order valence-electron chi connectivity index (χ0n) is 33.1. The zero-order valence-corrected chi connectivity index (χ0v) is 35.5. The van der Waals surface area contributed by atoms with Crippen LogP contribution in [0.2, 0.25) is 0 Å². The first-order valence-corrected chi connectivity index (χ1v) is 23.4. The van der Waals surface area contributed by atoms with Gasteiger partial charge in [-0.3, -0.25) is 0 Å². The molecule has 0 spiro atoms. The minimum absolute atomic E-state index is 0.0339. The zero-order chi connectivity index (χ0) is 40.8. The van der Waals surface area contributed by atoms with E-state index in [4.69, 9.17) is 11.6 Å². The van der Waals surface area contributed by atoms with Crippen molar-refractivity contribution in [1.29, 1.82) is 0 Å². The number of hydrogen-bond donors (Lipinski definition) is 0. The fraction of sp³-hybridized carbons (Fsp3) is 0.391. The van der Waals surface area contributed by atoms with E-state index in [0.29, 0.717) is 38.8 Å². The van der Waals surface area contributed by atoms with Crippen molar-refractivity contribution in [3.05, 3.63) is 130 Å². The third-order valence-electron chi connectivity index (χ3n) is 12.1. The Labute approximate surface area is 343 Å². The number of halogens is 1. The Bertz CT molecular complexity index is 2550. The Hall–Kier alpha value is -3.93. The molecule has 57 heavy (non-hydrogen) atoms. The van der Waals surface area contributed by atoms with Gasteiger partial charge in [-0.25, -0.2) is 16.8 Å². The molecule has 0 radical (unpaired) electrons. The van der Waals surface area contributed by atoms with Crippen molar-refractivity contribution in [2.75, 3.05) is 34.4 Å². The molecule has 0 saturated carbocycles. The van der Waals surface area contributed by atoms with Gasteiger partial charge in [-0.2, -0.15) is 0 Å². The van der Waals surface area contributed by atoms with Gasteiger partial charge in [0.2, 0.25) is 0 Å². The van der Waals surface area contributed by atoms with E-state index in [2.05, 4.69) is 122 Å². The number of unbranched alkanes of at least 4 members (excludes halogenated alkanes) is 2. The third-order valence-corrected chi connectivity index (χ3v) is 14.2. The highest BCUT2D eigenvalue weighted by Crippen LogP contribution is 2.52. The van der Waals surface area contributed by atoms with Gasteiger partial charge in [0.1, 0.15) is 0 Å². The van der Waals surface area contributed by atoms with Crippen LogP contribution in [0.3, 0.4) is 0 Å². The molecular weight excluding hydrogens is 776 g/mol. The molecule has 1 atom stereocenters. The van der Waals surface area contributed by atoms with Crippen molar-refractivity contribution in [1.82, 2.24) is 0 Å². The van der Waals surface area contributed by atoms with Gasteiger partial charge in [0.15, 0.2) is 0 Å². The van der Waals surface area contributed by atoms with Crippen LogP contribution >= 0.6 is 11.6 Å². The molecule has 0 aromatic heterocycles. The Morgan fingerprint density at radius 2 is 1.30 bits per heavy atom. The van der Waals surface area contributed by atoms with Gasteiger partial charge in [-0.05, 0) is 107 Å². The molecule has 0 bridgehead atoms. The molecule has 0 amide bonds. The fourth-order valence-electron chi connectivity index (χ4n) is 9.45. The summed E-state index contributed by atoms with van der Waals surface area (Å²) < 4.78 is 68.3. The molecule has 2 heterocycles. The molecule has 0 N–H and O–H groups in total. The lowest BCUT2D eigenvalue weighted by atomic mass is 9.78. The lowest BCUT2D eigenvalue weighted by Crippen LogP contribution is -2.40. The normalized spacial score (nSPS) is 20.8. The van der Waals surface area contributed by atoms with Gasteiger partial charge in [-0.15, -0.1) is 0 Å². The van der Waals surface area contributed by atoms with Gasteiger partial charge in [0.05, 0.1) is 26.3 Å². The summed E-state index contributed by atoms with van der Waals surface area (Å²) >= 11 is 7.29. The molecule has 0 saturated heterocycles. The van der Waals surface area contributed by atoms with Gasteiger partial charge in [0, 0.05) is 57.5 Å². The van der Waals surface area contributed by atoms with E-state index in [1.54, 1.807) is 0 Å². The van der Waals surface area contributed by atoms with Crippen molar-refractivity contribution in [3.63, 3.8) is 0 Å². The van der Waals surface area contributed by atoms with Crippen molar-refractivity contribution in [2.24, 2.45) is 0 Å². The molecule has 3 aliphatic rings. The van der Waals surface area contributed by atoms with E-state index >= 15 is 0 Å². The summed E-state index contributed by atoms with van der Waals surface area (Å²) in [5, 5.41) is 5.45. The number of allylic oxidation sites excluding steroid dienone is 7. The summed E-state index contributed by atoms with van der Waals surface area (Å²) in [7, 11) is -8.57. The Kier molecular flexibility index (Phi) is 11.6. The molecule has 4 aromatic carbocycles. The van der Waals surface area contributed by atoms with E-state index in [9.17, 15) is 25.9 Å². The third kappa shape index (κ3) is 8.48. The summed E-state index contributed by atoms with van der Waals surface area (Å²) in [5.41, 5.74) is 7.28. The van der Waals surface area contributed by atoms with Gasteiger partial charge in [-0.1, -0.05) is 118 Å². The molecule has 1 unspecified atom stereocenters. The summed E-state index contributed by atoms with van der Waals surface area (Å²) in [4.78, 5) is 4.64. The second kappa shape index (κ2) is 16.0. The summed E-state index contributed by atoms with van der Waals surface area (Å²) in [6.07, 6.45) is 13.1. The largest absolute Gasteiger partial charge is 0.748 e. The summed E-state index contributed by atoms with van der Waals surface area (Å²) in [6.45, 7) is 10.2. The molecule has 8 nitrogen and oxygen atoms in total. The van der Waals surface area contributed by atoms with Crippen LogP contribution in [0.1, 0.15) is 83.8 Å². The maximum absolute atomic E-state index is 11.4. The van der Waals surface area contributed by atoms with Crippen LogP contribution in [0, 0.1) is 0 Å². The van der Waals surface area contributed by atoms with Crippen LogP contribution in [0.4, 0.5) is 11.4 Å². The van der Waals surface area contributed by atoms with Crippen molar-refractivity contribution < 1.29 is 25.9 Å². The average Bonchev–Trinajstić information content (AvgIpc) is 3.51. The number of rotatable bonds is 13.